The van der Waals surface area contributed by atoms with Gasteiger partial charge >= 0.3 is 5.97 Å². The number of nitrogens with zero attached hydrogens (tertiary/aromatic N) is 1. The maximum Gasteiger partial charge on any atom is 0.311 e. The SMILES string of the molecule is CC[C@@H](O)[C@@](C)(O)[C@@H]1OC(=O)[C@H](C)[C@@H](O[C@H]2CC(C)(OC)[C@@H](O)C(C)O2)[C@H](C)[C@@H](O[C@@H]2OC(C)CC(N(C)Cc3ccc(C)cc3)C2O)[C@]2(C)CC(C)C(O2)[C@@H]1C. The Hall–Kier alpha value is -1.75. The molecule has 13 nitrogen and oxygen atoms in total. The predicted molar refractivity (Wildman–Crippen MR) is 213 cm³/mol. The van der Waals surface area contributed by atoms with E-state index in [1.807, 2.05) is 34.7 Å². The molecule has 326 valence electrons. The topological polar surface area (TPSA) is 166 Å². The Morgan fingerprint density at radius 3 is 2.26 bits per heavy atom. The van der Waals surface area contributed by atoms with Crippen LogP contribution in [0.15, 0.2) is 24.3 Å². The van der Waals surface area contributed by atoms with Crippen LogP contribution in [-0.4, -0.2) is 136 Å². The lowest BCUT2D eigenvalue weighted by molar-refractivity contribution is -0.318. The van der Waals surface area contributed by atoms with E-state index in [2.05, 4.69) is 43.0 Å². The molecule has 57 heavy (non-hydrogen) atoms. The number of hydrogen-bond acceptors (Lipinski definition) is 13. The van der Waals surface area contributed by atoms with Crippen LogP contribution in [0.2, 0.25) is 0 Å². The summed E-state index contributed by atoms with van der Waals surface area (Å²) in [5, 5.41) is 46.0. The van der Waals surface area contributed by atoms with Gasteiger partial charge in [0.05, 0.1) is 53.7 Å². The first-order chi connectivity index (χ1) is 26.6. The molecule has 4 aliphatic heterocycles. The van der Waals surface area contributed by atoms with Crippen LogP contribution in [-0.2, 0) is 44.5 Å². The summed E-state index contributed by atoms with van der Waals surface area (Å²) >= 11 is 0. The van der Waals surface area contributed by atoms with Crippen molar-refractivity contribution in [2.75, 3.05) is 14.2 Å². The second-order valence-corrected chi connectivity index (χ2v) is 18.7. The molecule has 2 bridgehead atoms. The number of ether oxygens (including phenoxy) is 7. The summed E-state index contributed by atoms with van der Waals surface area (Å²) < 4.78 is 45.7. The van der Waals surface area contributed by atoms with Gasteiger partial charge in [0, 0.05) is 38.0 Å². The van der Waals surface area contributed by atoms with Gasteiger partial charge in [0.1, 0.15) is 23.9 Å². The quantitative estimate of drug-likeness (QED) is 0.231. The van der Waals surface area contributed by atoms with Crippen molar-refractivity contribution in [3.05, 3.63) is 35.4 Å². The average Bonchev–Trinajstić information content (AvgIpc) is 3.48. The Bertz CT molecular complexity index is 1480. The first kappa shape index (κ1) is 46.3. The fourth-order valence-electron chi connectivity index (χ4n) is 10.2. The second-order valence-electron chi connectivity index (χ2n) is 18.7. The fraction of sp³-hybridized carbons (Fsp3) is 0.841. The summed E-state index contributed by atoms with van der Waals surface area (Å²) in [6.07, 6.45) is -7.72. The smallest absolute Gasteiger partial charge is 0.311 e. The molecule has 4 saturated heterocycles. The number of aliphatic hydroxyl groups excluding tert-OH is 3. The first-order valence-corrected chi connectivity index (χ1v) is 21.1. The minimum Gasteiger partial charge on any atom is -0.459 e. The van der Waals surface area contributed by atoms with Gasteiger partial charge in [0.2, 0.25) is 0 Å². The van der Waals surface area contributed by atoms with Gasteiger partial charge in [-0.2, -0.15) is 0 Å². The number of fused-ring (bicyclic) bond motifs is 2. The van der Waals surface area contributed by atoms with E-state index in [4.69, 9.17) is 33.2 Å². The van der Waals surface area contributed by atoms with Crippen molar-refractivity contribution in [3.63, 3.8) is 0 Å². The zero-order valence-corrected chi connectivity index (χ0v) is 36.6. The van der Waals surface area contributed by atoms with Crippen LogP contribution < -0.4 is 0 Å². The Morgan fingerprint density at radius 2 is 1.65 bits per heavy atom. The molecular weight excluding hydrogens is 734 g/mol. The highest BCUT2D eigenvalue weighted by Gasteiger charge is 2.59. The number of carbonyl (C=O) groups is 1. The lowest BCUT2D eigenvalue weighted by Gasteiger charge is -2.48. The van der Waals surface area contributed by atoms with E-state index in [-0.39, 0.29) is 30.9 Å². The normalized spacial score (nSPS) is 44.9. The first-order valence-electron chi connectivity index (χ1n) is 21.1. The number of carbonyl (C=O) groups excluding carboxylic acids is 1. The van der Waals surface area contributed by atoms with Crippen molar-refractivity contribution in [1.29, 1.82) is 0 Å². The largest absolute Gasteiger partial charge is 0.459 e. The standard InChI is InChI=1S/C44H73NO12/c1-14-32(46)44(11,50)39-26(5)35-24(3)20-43(10,57-35)38(56-41-34(47)31(19-25(4)52-41)45(12)22-30-17-15-23(2)16-18-30)27(6)36(28(7)40(49)55-39)54-33-21-42(9,51-13)37(48)29(8)53-33/h15-18,24-29,31-39,41,46-48,50H,14,19-22H2,1-13H3/t24?,25?,26-,27-,28+,29?,31?,32+,33-,34?,35?,36-,37-,38+,39+,41-,42?,43-,44+/m0/s1. The highest BCUT2D eigenvalue weighted by Crippen LogP contribution is 2.48. The van der Waals surface area contributed by atoms with Crippen molar-refractivity contribution < 1.29 is 58.4 Å². The molecule has 19 atom stereocenters. The van der Waals surface area contributed by atoms with E-state index in [9.17, 15) is 25.2 Å². The number of rotatable bonds is 11. The molecule has 4 heterocycles. The van der Waals surface area contributed by atoms with Crippen LogP contribution in [0.3, 0.4) is 0 Å². The number of likely N-dealkylation sites (N-methyl/N-ethyl adjacent to an activating group) is 1. The van der Waals surface area contributed by atoms with Crippen LogP contribution in [0.25, 0.3) is 0 Å². The van der Waals surface area contributed by atoms with E-state index in [0.717, 1.165) is 5.56 Å². The molecule has 0 aromatic heterocycles. The Morgan fingerprint density at radius 1 is 1.00 bits per heavy atom. The van der Waals surface area contributed by atoms with Gasteiger partial charge in [0.25, 0.3) is 0 Å². The molecule has 1 aromatic carbocycles. The minimum atomic E-state index is -1.80. The van der Waals surface area contributed by atoms with Gasteiger partial charge in [-0.15, -0.1) is 0 Å². The number of hydrogen-bond donors (Lipinski definition) is 4. The number of aryl methyl sites for hydroxylation is 1. The van der Waals surface area contributed by atoms with Crippen LogP contribution >= 0.6 is 0 Å². The molecule has 0 saturated carbocycles. The van der Waals surface area contributed by atoms with Gasteiger partial charge in [-0.05, 0) is 86.3 Å². The maximum absolute atomic E-state index is 14.4. The molecule has 0 spiro atoms. The molecule has 7 unspecified atom stereocenters. The predicted octanol–water partition coefficient (Wildman–Crippen LogP) is 4.50. The summed E-state index contributed by atoms with van der Waals surface area (Å²) in [4.78, 5) is 16.6. The highest BCUT2D eigenvalue weighted by atomic mass is 16.7. The Kier molecular flexibility index (Phi) is 14.7. The zero-order chi connectivity index (χ0) is 42.4. The molecule has 5 rings (SSSR count). The van der Waals surface area contributed by atoms with E-state index in [1.54, 1.807) is 27.7 Å². The monoisotopic (exact) mass is 808 g/mol. The highest BCUT2D eigenvalue weighted by molar-refractivity contribution is 5.73. The van der Waals surface area contributed by atoms with Gasteiger partial charge < -0.3 is 53.6 Å². The number of cyclic esters (lactones) is 1. The minimum absolute atomic E-state index is 0.0776. The summed E-state index contributed by atoms with van der Waals surface area (Å²) in [6, 6.07) is 8.08. The molecule has 4 N–H and O–H groups in total. The van der Waals surface area contributed by atoms with Crippen LogP contribution in [0.1, 0.15) is 106 Å². The average molecular weight is 808 g/mol. The van der Waals surface area contributed by atoms with Crippen LogP contribution in [0.4, 0.5) is 0 Å². The third-order valence-electron chi connectivity index (χ3n) is 13.8. The Labute approximate surface area is 340 Å². The van der Waals surface area contributed by atoms with E-state index >= 15 is 0 Å². The van der Waals surface area contributed by atoms with Gasteiger partial charge in [-0.3, -0.25) is 9.69 Å². The summed E-state index contributed by atoms with van der Waals surface area (Å²) in [7, 11) is 3.54. The summed E-state index contributed by atoms with van der Waals surface area (Å²) in [5.41, 5.74) is -1.47. The van der Waals surface area contributed by atoms with Crippen molar-refractivity contribution >= 4 is 5.97 Å². The number of esters is 1. The van der Waals surface area contributed by atoms with Crippen LogP contribution in [0, 0.1) is 30.6 Å². The molecule has 0 aliphatic carbocycles. The van der Waals surface area contributed by atoms with E-state index in [0.29, 0.717) is 19.4 Å². The second kappa shape index (κ2) is 18.1. The number of aliphatic hydroxyl groups is 4. The maximum atomic E-state index is 14.4. The van der Waals surface area contributed by atoms with Crippen LogP contribution in [0.5, 0.6) is 0 Å². The van der Waals surface area contributed by atoms with Gasteiger partial charge in [-0.1, -0.05) is 57.5 Å². The van der Waals surface area contributed by atoms with Gasteiger partial charge in [0.15, 0.2) is 12.6 Å². The lowest BCUT2D eigenvalue weighted by Crippen LogP contribution is -2.60. The van der Waals surface area contributed by atoms with E-state index < -0.39 is 102 Å². The van der Waals surface area contributed by atoms with Crippen molar-refractivity contribution in [2.45, 2.75) is 199 Å². The molecule has 0 amide bonds. The van der Waals surface area contributed by atoms with Crippen molar-refractivity contribution in [3.8, 4) is 0 Å². The lowest BCUT2D eigenvalue weighted by atomic mass is 9.76. The molecule has 1 aromatic rings. The molecule has 4 fully saturated rings. The number of benzene rings is 1. The summed E-state index contributed by atoms with van der Waals surface area (Å²) in [6.45, 7) is 21.1. The fourth-order valence-corrected chi connectivity index (χ4v) is 10.2. The molecule has 4 aliphatic rings. The molecule has 13 heteroatoms. The third-order valence-corrected chi connectivity index (χ3v) is 13.8. The van der Waals surface area contributed by atoms with Gasteiger partial charge in [-0.25, -0.2) is 0 Å². The molecular formula is C44H73NO12. The zero-order valence-electron chi connectivity index (χ0n) is 36.6. The summed E-state index contributed by atoms with van der Waals surface area (Å²) in [5.74, 6) is -2.76. The van der Waals surface area contributed by atoms with E-state index in [1.165, 1.54) is 19.6 Å². The van der Waals surface area contributed by atoms with Crippen molar-refractivity contribution in [1.82, 2.24) is 4.90 Å². The Balaban J connectivity index is 1.55. The number of methoxy groups -OCH3 is 1. The molecule has 0 radical (unpaired) electrons. The van der Waals surface area contributed by atoms with Crippen molar-refractivity contribution in [2.24, 2.45) is 23.7 Å². The third kappa shape index (κ3) is 9.59.